The third-order valence-electron chi connectivity index (χ3n) is 4.40. The summed E-state index contributed by atoms with van der Waals surface area (Å²) >= 11 is 9.21. The Morgan fingerprint density at radius 2 is 1.76 bits per heavy atom. The number of aryl methyl sites for hydroxylation is 1. The van der Waals surface area contributed by atoms with Gasteiger partial charge in [-0.2, -0.15) is 5.10 Å². The number of rotatable bonds is 4. The fraction of sp³-hybridized carbons (Fsp3) is 0.100. The summed E-state index contributed by atoms with van der Waals surface area (Å²) in [5.74, 6) is -1.07. The molecule has 1 aromatic heterocycles. The van der Waals surface area contributed by atoms with E-state index >= 15 is 0 Å². The molecule has 0 radical (unpaired) electrons. The molecule has 0 bridgehead atoms. The minimum Gasteiger partial charge on any atom is -0.309 e. The van der Waals surface area contributed by atoms with Crippen LogP contribution in [0.1, 0.15) is 26.4 Å². The van der Waals surface area contributed by atoms with E-state index in [2.05, 4.69) is 26.3 Å². The first-order valence-corrected chi connectivity index (χ1v) is 9.79. The van der Waals surface area contributed by atoms with Crippen LogP contribution in [0.25, 0.3) is 5.69 Å². The molecular weight excluding hydrogens is 460 g/mol. The molecular formula is C20H14BrClN4O3. The number of imide groups is 1. The lowest BCUT2D eigenvalue weighted by Crippen LogP contribution is -2.37. The molecule has 4 rings (SSSR count). The Morgan fingerprint density at radius 3 is 2.48 bits per heavy atom. The predicted octanol–water partition coefficient (Wildman–Crippen LogP) is 3.83. The van der Waals surface area contributed by atoms with E-state index in [1.165, 1.54) is 0 Å². The lowest BCUT2D eigenvalue weighted by atomic mass is 10.1. The maximum Gasteiger partial charge on any atom is 0.262 e. The van der Waals surface area contributed by atoms with Crippen molar-refractivity contribution in [3.8, 4) is 5.69 Å². The Hall–Kier alpha value is -2.97. The van der Waals surface area contributed by atoms with Gasteiger partial charge < -0.3 is 5.32 Å². The number of carbonyl (C=O) groups is 3. The summed E-state index contributed by atoms with van der Waals surface area (Å²) in [7, 11) is 0. The summed E-state index contributed by atoms with van der Waals surface area (Å²) in [6.07, 6.45) is 0. The van der Waals surface area contributed by atoms with Gasteiger partial charge in [0, 0.05) is 15.6 Å². The maximum absolute atomic E-state index is 12.6. The molecule has 0 saturated carbocycles. The third kappa shape index (κ3) is 3.68. The summed E-state index contributed by atoms with van der Waals surface area (Å²) in [6, 6.07) is 13.5. The van der Waals surface area contributed by atoms with Crippen LogP contribution < -0.4 is 5.32 Å². The van der Waals surface area contributed by atoms with Crippen LogP contribution in [-0.4, -0.2) is 38.9 Å². The van der Waals surface area contributed by atoms with Crippen LogP contribution in [-0.2, 0) is 4.79 Å². The van der Waals surface area contributed by atoms with Gasteiger partial charge >= 0.3 is 0 Å². The summed E-state index contributed by atoms with van der Waals surface area (Å²) < 4.78 is 2.24. The highest BCUT2D eigenvalue weighted by Gasteiger charge is 2.36. The predicted molar refractivity (Wildman–Crippen MR) is 111 cm³/mol. The number of carbonyl (C=O) groups excluding carboxylic acids is 3. The van der Waals surface area contributed by atoms with Gasteiger partial charge in [0.05, 0.1) is 22.5 Å². The number of hydrogen-bond acceptors (Lipinski definition) is 4. The first kappa shape index (κ1) is 19.4. The highest BCUT2D eigenvalue weighted by Crippen LogP contribution is 2.26. The smallest absolute Gasteiger partial charge is 0.262 e. The standard InChI is InChI=1S/C20H14BrClN4O3/c1-11-8-17(26(24-11)14-5-3-13(22)4-6-14)23-18(27)10-25-19(28)15-7-2-12(21)9-16(15)20(25)29/h2-9H,10H2,1H3,(H,23,27). The molecule has 7 nitrogen and oxygen atoms in total. The third-order valence-corrected chi connectivity index (χ3v) is 5.15. The molecule has 0 aliphatic carbocycles. The monoisotopic (exact) mass is 472 g/mol. The molecule has 0 unspecified atom stereocenters. The molecule has 9 heteroatoms. The van der Waals surface area contributed by atoms with E-state index in [-0.39, 0.29) is 11.1 Å². The van der Waals surface area contributed by atoms with E-state index in [9.17, 15) is 14.4 Å². The maximum atomic E-state index is 12.6. The number of amides is 3. The van der Waals surface area contributed by atoms with Crippen LogP contribution in [0.3, 0.4) is 0 Å². The summed E-state index contributed by atoms with van der Waals surface area (Å²) in [5.41, 5.74) is 1.97. The highest BCUT2D eigenvalue weighted by atomic mass is 79.9. The normalized spacial score (nSPS) is 13.0. The van der Waals surface area contributed by atoms with E-state index < -0.39 is 24.3 Å². The number of halogens is 2. The average molecular weight is 474 g/mol. The molecule has 2 aromatic carbocycles. The zero-order valence-electron chi connectivity index (χ0n) is 15.1. The van der Waals surface area contributed by atoms with Crippen molar-refractivity contribution in [2.75, 3.05) is 11.9 Å². The van der Waals surface area contributed by atoms with E-state index in [0.717, 1.165) is 4.90 Å². The van der Waals surface area contributed by atoms with Gasteiger partial charge in [0.1, 0.15) is 12.4 Å². The molecule has 1 N–H and O–H groups in total. The van der Waals surface area contributed by atoms with Gasteiger partial charge in [-0.05, 0) is 49.4 Å². The van der Waals surface area contributed by atoms with E-state index in [4.69, 9.17) is 11.6 Å². The van der Waals surface area contributed by atoms with Crippen molar-refractivity contribution in [1.82, 2.24) is 14.7 Å². The van der Waals surface area contributed by atoms with E-state index in [1.54, 1.807) is 60.1 Å². The van der Waals surface area contributed by atoms with Gasteiger partial charge in [0.2, 0.25) is 5.91 Å². The van der Waals surface area contributed by atoms with Gasteiger partial charge in [0.25, 0.3) is 11.8 Å². The molecule has 3 amide bonds. The number of benzene rings is 2. The minimum absolute atomic E-state index is 0.277. The second-order valence-electron chi connectivity index (χ2n) is 6.49. The number of anilines is 1. The fourth-order valence-corrected chi connectivity index (χ4v) is 3.59. The van der Waals surface area contributed by atoms with Crippen molar-refractivity contribution in [2.24, 2.45) is 0 Å². The molecule has 2 heterocycles. The second kappa shape index (κ2) is 7.46. The van der Waals surface area contributed by atoms with Crippen molar-refractivity contribution in [2.45, 2.75) is 6.92 Å². The Labute approximate surface area is 179 Å². The highest BCUT2D eigenvalue weighted by molar-refractivity contribution is 9.10. The molecule has 29 heavy (non-hydrogen) atoms. The number of hydrogen-bond donors (Lipinski definition) is 1. The van der Waals surface area contributed by atoms with Gasteiger partial charge in [-0.25, -0.2) is 4.68 Å². The van der Waals surface area contributed by atoms with Crippen LogP contribution in [0.15, 0.2) is 53.0 Å². The SMILES string of the molecule is Cc1cc(NC(=O)CN2C(=O)c3ccc(Br)cc3C2=O)n(-c2ccc(Cl)cc2)n1. The molecule has 0 atom stereocenters. The lowest BCUT2D eigenvalue weighted by Gasteiger charge is -2.14. The average Bonchev–Trinajstić information content (AvgIpc) is 3.15. The minimum atomic E-state index is -0.506. The molecule has 0 saturated heterocycles. The van der Waals surface area contributed by atoms with Crippen molar-refractivity contribution in [3.05, 3.63) is 74.8 Å². The first-order valence-electron chi connectivity index (χ1n) is 8.61. The van der Waals surface area contributed by atoms with E-state index in [0.29, 0.717) is 26.7 Å². The lowest BCUT2D eigenvalue weighted by molar-refractivity contribution is -0.116. The zero-order valence-corrected chi connectivity index (χ0v) is 17.5. The molecule has 0 spiro atoms. The first-order chi connectivity index (χ1) is 13.8. The van der Waals surface area contributed by atoms with Crippen LogP contribution in [0.5, 0.6) is 0 Å². The van der Waals surface area contributed by atoms with Crippen LogP contribution in [0.2, 0.25) is 5.02 Å². The number of aromatic nitrogens is 2. The molecule has 1 aliphatic heterocycles. The van der Waals surface area contributed by atoms with Crippen LogP contribution >= 0.6 is 27.5 Å². The molecule has 1 aliphatic rings. The topological polar surface area (TPSA) is 84.3 Å². The summed E-state index contributed by atoms with van der Waals surface area (Å²) in [6.45, 7) is 1.40. The van der Waals surface area contributed by atoms with Crippen LogP contribution in [0, 0.1) is 6.92 Å². The molecule has 146 valence electrons. The van der Waals surface area contributed by atoms with Crippen molar-refractivity contribution in [1.29, 1.82) is 0 Å². The number of nitrogens with one attached hydrogen (secondary N) is 1. The summed E-state index contributed by atoms with van der Waals surface area (Å²) in [5, 5.41) is 7.68. The Kier molecular flexibility index (Phi) is 4.97. The number of nitrogens with zero attached hydrogens (tertiary/aromatic N) is 3. The fourth-order valence-electron chi connectivity index (χ4n) is 3.10. The Morgan fingerprint density at radius 1 is 1.07 bits per heavy atom. The quantitative estimate of drug-likeness (QED) is 0.584. The van der Waals surface area contributed by atoms with E-state index in [1.807, 2.05) is 0 Å². The Bertz CT molecular complexity index is 1160. The van der Waals surface area contributed by atoms with Gasteiger partial charge in [0.15, 0.2) is 0 Å². The molecule has 0 fully saturated rings. The van der Waals surface area contributed by atoms with Gasteiger partial charge in [-0.1, -0.05) is 27.5 Å². The number of fused-ring (bicyclic) bond motifs is 1. The van der Waals surface area contributed by atoms with Gasteiger partial charge in [-0.15, -0.1) is 0 Å². The van der Waals surface area contributed by atoms with Crippen molar-refractivity contribution >= 4 is 51.1 Å². The van der Waals surface area contributed by atoms with Crippen LogP contribution in [0.4, 0.5) is 5.82 Å². The zero-order chi connectivity index (χ0) is 20.7. The second-order valence-corrected chi connectivity index (χ2v) is 7.85. The Balaban J connectivity index is 1.54. The summed E-state index contributed by atoms with van der Waals surface area (Å²) in [4.78, 5) is 38.6. The van der Waals surface area contributed by atoms with Crippen molar-refractivity contribution < 1.29 is 14.4 Å². The largest absolute Gasteiger partial charge is 0.309 e. The van der Waals surface area contributed by atoms with Crippen molar-refractivity contribution in [3.63, 3.8) is 0 Å². The van der Waals surface area contributed by atoms with Gasteiger partial charge in [-0.3, -0.25) is 19.3 Å². The molecule has 3 aromatic rings.